The van der Waals surface area contributed by atoms with Crippen molar-refractivity contribution in [3.05, 3.63) is 29.6 Å². The smallest absolute Gasteiger partial charge is 0.153 e. The summed E-state index contributed by atoms with van der Waals surface area (Å²) in [6.07, 6.45) is 0.676. The summed E-state index contributed by atoms with van der Waals surface area (Å²) in [5.74, 6) is -0.540. The number of nitrogens with one attached hydrogen (secondary N) is 1. The maximum Gasteiger partial charge on any atom is 0.153 e. The lowest BCUT2D eigenvalue weighted by atomic mass is 10.3. The van der Waals surface area contributed by atoms with E-state index in [0.717, 1.165) is 6.07 Å². The minimum absolute atomic E-state index is 0.207. The van der Waals surface area contributed by atoms with E-state index in [4.69, 9.17) is 0 Å². The molecule has 0 radical (unpaired) electrons. The normalized spacial score (nSPS) is 11.0. The molecule has 0 atom stereocenters. The first kappa shape index (κ1) is 8.16. The van der Waals surface area contributed by atoms with Crippen LogP contribution in [0, 0.1) is 11.6 Å². The summed E-state index contributed by atoms with van der Waals surface area (Å²) in [4.78, 5) is 6.81. The molecular weight excluding hydrogens is 174 g/mol. The van der Waals surface area contributed by atoms with Gasteiger partial charge in [0.25, 0.3) is 0 Å². The number of imidazole rings is 1. The summed E-state index contributed by atoms with van der Waals surface area (Å²) in [6.45, 7) is 1.89. The Labute approximate surface area is 73.6 Å². The minimum atomic E-state index is -0.619. The molecule has 4 heteroatoms. The summed E-state index contributed by atoms with van der Waals surface area (Å²) in [5.41, 5.74) is 0.618. The van der Waals surface area contributed by atoms with Crippen molar-refractivity contribution in [2.75, 3.05) is 0 Å². The van der Waals surface area contributed by atoms with E-state index in [1.807, 2.05) is 6.92 Å². The molecule has 2 nitrogen and oxygen atoms in total. The number of aromatic amines is 1. The van der Waals surface area contributed by atoms with E-state index >= 15 is 0 Å². The van der Waals surface area contributed by atoms with Gasteiger partial charge < -0.3 is 4.98 Å². The molecule has 1 N–H and O–H groups in total. The first-order valence-corrected chi connectivity index (χ1v) is 4.04. The Hall–Kier alpha value is -1.45. The number of benzene rings is 1. The molecule has 13 heavy (non-hydrogen) atoms. The van der Waals surface area contributed by atoms with Crippen molar-refractivity contribution in [3.8, 4) is 0 Å². The van der Waals surface area contributed by atoms with Crippen LogP contribution in [-0.2, 0) is 6.42 Å². The van der Waals surface area contributed by atoms with Crippen molar-refractivity contribution in [1.29, 1.82) is 0 Å². The highest BCUT2D eigenvalue weighted by atomic mass is 19.1. The van der Waals surface area contributed by atoms with Crippen LogP contribution in [-0.4, -0.2) is 9.97 Å². The molecule has 1 aromatic heterocycles. The van der Waals surface area contributed by atoms with Crippen LogP contribution in [0.25, 0.3) is 11.0 Å². The summed E-state index contributed by atoms with van der Waals surface area (Å²) in [7, 11) is 0. The average Bonchev–Trinajstić information content (AvgIpc) is 2.47. The highest BCUT2D eigenvalue weighted by Crippen LogP contribution is 2.17. The Kier molecular flexibility index (Phi) is 1.76. The second kappa shape index (κ2) is 2.80. The SMILES string of the molecule is CCc1nc2c(F)cc(F)cc2[nH]1. The van der Waals surface area contributed by atoms with Crippen molar-refractivity contribution in [2.45, 2.75) is 13.3 Å². The maximum atomic E-state index is 13.1. The van der Waals surface area contributed by atoms with Crippen LogP contribution in [0.5, 0.6) is 0 Å². The van der Waals surface area contributed by atoms with Gasteiger partial charge in [0.1, 0.15) is 17.2 Å². The van der Waals surface area contributed by atoms with Crippen molar-refractivity contribution < 1.29 is 8.78 Å². The molecule has 0 aliphatic carbocycles. The molecule has 1 heterocycles. The summed E-state index contributed by atoms with van der Waals surface area (Å²) < 4.78 is 25.8. The van der Waals surface area contributed by atoms with E-state index in [1.165, 1.54) is 6.07 Å². The van der Waals surface area contributed by atoms with E-state index in [0.29, 0.717) is 17.8 Å². The van der Waals surface area contributed by atoms with E-state index in [1.54, 1.807) is 0 Å². The predicted octanol–water partition coefficient (Wildman–Crippen LogP) is 2.40. The molecule has 0 unspecified atom stereocenters. The molecule has 0 aliphatic rings. The average molecular weight is 182 g/mol. The number of nitrogens with zero attached hydrogens (tertiary/aromatic N) is 1. The lowest BCUT2D eigenvalue weighted by molar-refractivity contribution is 0.590. The Bertz CT molecular complexity index is 448. The second-order valence-electron chi connectivity index (χ2n) is 2.82. The van der Waals surface area contributed by atoms with Gasteiger partial charge in [-0.1, -0.05) is 6.92 Å². The molecule has 0 saturated carbocycles. The van der Waals surface area contributed by atoms with Gasteiger partial charge in [-0.2, -0.15) is 0 Å². The Morgan fingerprint density at radius 1 is 1.38 bits per heavy atom. The molecule has 0 spiro atoms. The van der Waals surface area contributed by atoms with Crippen LogP contribution in [0.2, 0.25) is 0 Å². The molecule has 0 saturated heterocycles. The summed E-state index contributed by atoms with van der Waals surface area (Å²) in [6, 6.07) is 2.08. The molecule has 1 aromatic carbocycles. The Morgan fingerprint density at radius 3 is 2.85 bits per heavy atom. The fourth-order valence-electron chi connectivity index (χ4n) is 1.26. The highest BCUT2D eigenvalue weighted by molar-refractivity contribution is 5.75. The van der Waals surface area contributed by atoms with Crippen molar-refractivity contribution in [2.24, 2.45) is 0 Å². The van der Waals surface area contributed by atoms with Gasteiger partial charge >= 0.3 is 0 Å². The third kappa shape index (κ3) is 1.28. The van der Waals surface area contributed by atoms with Crippen molar-refractivity contribution in [1.82, 2.24) is 9.97 Å². The van der Waals surface area contributed by atoms with Gasteiger partial charge in [0.2, 0.25) is 0 Å². The third-order valence-electron chi connectivity index (χ3n) is 1.89. The van der Waals surface area contributed by atoms with Crippen molar-refractivity contribution >= 4 is 11.0 Å². The van der Waals surface area contributed by atoms with E-state index < -0.39 is 11.6 Å². The van der Waals surface area contributed by atoms with E-state index in [9.17, 15) is 8.78 Å². The maximum absolute atomic E-state index is 13.1. The van der Waals surface area contributed by atoms with Gasteiger partial charge in [-0.3, -0.25) is 0 Å². The van der Waals surface area contributed by atoms with Crippen LogP contribution in [0.15, 0.2) is 12.1 Å². The summed E-state index contributed by atoms with van der Waals surface area (Å²) >= 11 is 0. The van der Waals surface area contributed by atoms with Gasteiger partial charge in [-0.15, -0.1) is 0 Å². The van der Waals surface area contributed by atoms with Gasteiger partial charge in [0.05, 0.1) is 5.52 Å². The van der Waals surface area contributed by atoms with Gasteiger partial charge in [0, 0.05) is 12.5 Å². The van der Waals surface area contributed by atoms with Gasteiger partial charge in [0.15, 0.2) is 5.82 Å². The van der Waals surface area contributed by atoms with Crippen LogP contribution in [0.1, 0.15) is 12.7 Å². The zero-order valence-corrected chi connectivity index (χ0v) is 7.06. The number of halogens is 2. The number of hydrogen-bond acceptors (Lipinski definition) is 1. The zero-order valence-electron chi connectivity index (χ0n) is 7.06. The molecule has 68 valence electrons. The Balaban J connectivity index is 2.75. The van der Waals surface area contributed by atoms with Gasteiger partial charge in [-0.25, -0.2) is 13.8 Å². The minimum Gasteiger partial charge on any atom is -0.342 e. The fourth-order valence-corrected chi connectivity index (χ4v) is 1.26. The van der Waals surface area contributed by atoms with E-state index in [-0.39, 0.29) is 5.52 Å². The number of H-pyrrole nitrogens is 1. The van der Waals surface area contributed by atoms with Gasteiger partial charge in [-0.05, 0) is 6.07 Å². The fraction of sp³-hybridized carbons (Fsp3) is 0.222. The Morgan fingerprint density at radius 2 is 2.15 bits per heavy atom. The lowest BCUT2D eigenvalue weighted by Gasteiger charge is -1.90. The predicted molar refractivity (Wildman–Crippen MR) is 45.4 cm³/mol. The first-order valence-electron chi connectivity index (χ1n) is 4.04. The molecule has 0 bridgehead atoms. The lowest BCUT2D eigenvalue weighted by Crippen LogP contribution is -1.81. The number of rotatable bonds is 1. The molecule has 0 fully saturated rings. The zero-order chi connectivity index (χ0) is 9.42. The monoisotopic (exact) mass is 182 g/mol. The largest absolute Gasteiger partial charge is 0.342 e. The molecule has 0 amide bonds. The highest BCUT2D eigenvalue weighted by Gasteiger charge is 2.08. The molecule has 2 rings (SSSR count). The molecular formula is C9H8F2N2. The standard InChI is InChI=1S/C9H8F2N2/c1-2-8-12-7-4-5(10)3-6(11)9(7)13-8/h3-4H,2H2,1H3,(H,12,13). The topological polar surface area (TPSA) is 28.7 Å². The van der Waals surface area contributed by atoms with Crippen LogP contribution >= 0.6 is 0 Å². The number of aromatic nitrogens is 2. The number of aryl methyl sites for hydroxylation is 1. The molecule has 2 aromatic rings. The first-order chi connectivity index (χ1) is 6.20. The van der Waals surface area contributed by atoms with E-state index in [2.05, 4.69) is 9.97 Å². The quantitative estimate of drug-likeness (QED) is 0.720. The second-order valence-corrected chi connectivity index (χ2v) is 2.82. The van der Waals surface area contributed by atoms with Crippen LogP contribution < -0.4 is 0 Å². The number of fused-ring (bicyclic) bond motifs is 1. The van der Waals surface area contributed by atoms with Crippen molar-refractivity contribution in [3.63, 3.8) is 0 Å². The third-order valence-corrected chi connectivity index (χ3v) is 1.89. The molecule has 0 aliphatic heterocycles. The van der Waals surface area contributed by atoms with Crippen LogP contribution in [0.4, 0.5) is 8.78 Å². The summed E-state index contributed by atoms with van der Waals surface area (Å²) in [5, 5.41) is 0. The van der Waals surface area contributed by atoms with Crippen LogP contribution in [0.3, 0.4) is 0 Å². The number of hydrogen-bond donors (Lipinski definition) is 1.